The number of rotatable bonds is 2. The fourth-order valence-corrected chi connectivity index (χ4v) is 1.86. The van der Waals surface area contributed by atoms with E-state index >= 15 is 0 Å². The molecule has 1 aromatic rings. The van der Waals surface area contributed by atoms with Gasteiger partial charge in [-0.1, -0.05) is 6.58 Å². The van der Waals surface area contributed by atoms with E-state index in [0.717, 1.165) is 0 Å². The van der Waals surface area contributed by atoms with E-state index in [1.54, 1.807) is 0 Å². The minimum Gasteiger partial charge on any atom is -0.270 e. The first-order chi connectivity index (χ1) is 7.94. The molecule has 0 saturated heterocycles. The minimum absolute atomic E-state index is 0.124. The van der Waals surface area contributed by atoms with Crippen LogP contribution in [0, 0.1) is 0 Å². The lowest BCUT2D eigenvalue weighted by molar-refractivity contribution is -0.160. The predicted molar refractivity (Wildman–Crippen MR) is 57.1 cm³/mol. The van der Waals surface area contributed by atoms with E-state index in [4.69, 9.17) is 0 Å². The molecule has 1 saturated carbocycles. The normalized spacial score (nSPS) is 19.2. The molecule has 1 aliphatic rings. The maximum absolute atomic E-state index is 12.9. The summed E-state index contributed by atoms with van der Waals surface area (Å²) in [5, 5.41) is 3.89. The molecule has 0 aliphatic heterocycles. The molecule has 0 aromatic carbocycles. The van der Waals surface area contributed by atoms with E-state index in [1.807, 2.05) is 0 Å². The highest BCUT2D eigenvalue weighted by atomic mass is 19.4. The van der Waals surface area contributed by atoms with Crippen molar-refractivity contribution in [3.8, 4) is 0 Å². The summed E-state index contributed by atoms with van der Waals surface area (Å²) < 4.78 is 40.1. The van der Waals surface area contributed by atoms with E-state index in [-0.39, 0.29) is 18.4 Å². The molecule has 17 heavy (non-hydrogen) atoms. The molecule has 1 fully saturated rings. The van der Waals surface area contributed by atoms with Crippen LogP contribution in [0.4, 0.5) is 13.2 Å². The van der Waals surface area contributed by atoms with Crippen molar-refractivity contribution in [2.75, 3.05) is 7.05 Å². The summed E-state index contributed by atoms with van der Waals surface area (Å²) in [6.45, 7) is 3.51. The second-order valence-electron chi connectivity index (χ2n) is 4.03. The smallest absolute Gasteiger partial charge is 0.270 e. The second kappa shape index (κ2) is 3.72. The third-order valence-electron chi connectivity index (χ3n) is 3.09. The molecule has 0 N–H and O–H groups in total. The second-order valence-corrected chi connectivity index (χ2v) is 4.03. The first-order valence-electron chi connectivity index (χ1n) is 5.16. The zero-order chi connectivity index (χ0) is 12.7. The van der Waals surface area contributed by atoms with Crippen molar-refractivity contribution < 1.29 is 13.2 Å². The highest BCUT2D eigenvalue weighted by molar-refractivity contribution is 5.31. The van der Waals surface area contributed by atoms with E-state index < -0.39 is 11.6 Å². The Morgan fingerprint density at radius 2 is 2.18 bits per heavy atom. The summed E-state index contributed by atoms with van der Waals surface area (Å²) in [6.07, 6.45) is -1.32. The zero-order valence-corrected chi connectivity index (χ0v) is 9.33. The molecule has 0 unspecified atom stereocenters. The number of alkyl halides is 3. The Bertz CT molecular complexity index is 509. The molecule has 6 heteroatoms. The van der Waals surface area contributed by atoms with E-state index in [2.05, 4.69) is 16.7 Å². The summed E-state index contributed by atoms with van der Waals surface area (Å²) >= 11 is 0. The van der Waals surface area contributed by atoms with Crippen molar-refractivity contribution in [1.29, 1.82) is 0 Å². The molecule has 2 rings (SSSR count). The van der Waals surface area contributed by atoms with Crippen LogP contribution in [-0.4, -0.2) is 23.0 Å². The SMILES string of the molecule is C=Cn1ncc(C2(C(F)(F)F)CC2)cc1=NC. The van der Waals surface area contributed by atoms with Gasteiger partial charge in [-0.25, -0.2) is 4.68 Å². The maximum Gasteiger partial charge on any atom is 0.398 e. The quantitative estimate of drug-likeness (QED) is 0.782. The van der Waals surface area contributed by atoms with Gasteiger partial charge in [0, 0.05) is 13.2 Å². The van der Waals surface area contributed by atoms with E-state index in [0.29, 0.717) is 5.49 Å². The van der Waals surface area contributed by atoms with Crippen molar-refractivity contribution in [1.82, 2.24) is 9.78 Å². The van der Waals surface area contributed by atoms with E-state index in [9.17, 15) is 13.2 Å². The molecule has 0 spiro atoms. The maximum atomic E-state index is 12.9. The van der Waals surface area contributed by atoms with Crippen LogP contribution in [0.25, 0.3) is 6.20 Å². The highest BCUT2D eigenvalue weighted by Gasteiger charge is 2.64. The van der Waals surface area contributed by atoms with Gasteiger partial charge in [0.15, 0.2) is 0 Å². The zero-order valence-electron chi connectivity index (χ0n) is 9.33. The minimum atomic E-state index is -4.22. The number of nitrogens with zero attached hydrogens (tertiary/aromatic N) is 3. The van der Waals surface area contributed by atoms with Crippen molar-refractivity contribution in [3.05, 3.63) is 29.9 Å². The van der Waals surface area contributed by atoms with Gasteiger partial charge in [0.1, 0.15) is 5.49 Å². The Balaban J connectivity index is 2.53. The van der Waals surface area contributed by atoms with Crippen molar-refractivity contribution >= 4 is 6.20 Å². The first kappa shape index (κ1) is 11.9. The average molecular weight is 243 g/mol. The Morgan fingerprint density at radius 3 is 2.59 bits per heavy atom. The van der Waals surface area contributed by atoms with Crippen molar-refractivity contribution in [2.24, 2.45) is 4.99 Å². The number of halogens is 3. The number of aromatic nitrogens is 2. The third-order valence-corrected chi connectivity index (χ3v) is 3.09. The predicted octanol–water partition coefficient (Wildman–Crippen LogP) is 2.11. The topological polar surface area (TPSA) is 30.2 Å². The fourth-order valence-electron chi connectivity index (χ4n) is 1.86. The van der Waals surface area contributed by atoms with Crippen molar-refractivity contribution in [2.45, 2.75) is 24.4 Å². The molecular weight excluding hydrogens is 231 g/mol. The first-order valence-corrected chi connectivity index (χ1v) is 5.16. The lowest BCUT2D eigenvalue weighted by Crippen LogP contribution is -2.31. The van der Waals surface area contributed by atoms with Gasteiger partial charge >= 0.3 is 6.18 Å². The van der Waals surface area contributed by atoms with Crippen LogP contribution in [0.3, 0.4) is 0 Å². The monoisotopic (exact) mass is 243 g/mol. The standard InChI is InChI=1S/C11H12F3N3/c1-3-17-9(15-2)6-8(7-16-17)10(4-5-10)11(12,13)14/h3,6-7H,1,4-5H2,2H3. The summed E-state index contributed by atoms with van der Waals surface area (Å²) in [7, 11) is 1.51. The van der Waals surface area contributed by atoms with Crippen LogP contribution in [0.1, 0.15) is 18.4 Å². The number of hydrogen-bond donors (Lipinski definition) is 0. The van der Waals surface area contributed by atoms with Crippen molar-refractivity contribution in [3.63, 3.8) is 0 Å². The molecule has 92 valence electrons. The molecule has 0 atom stereocenters. The van der Waals surface area contributed by atoms with Gasteiger partial charge in [0.2, 0.25) is 0 Å². The molecule has 1 aromatic heterocycles. The van der Waals surface area contributed by atoms with Gasteiger partial charge in [-0.2, -0.15) is 18.3 Å². The average Bonchev–Trinajstić information content (AvgIpc) is 3.08. The molecular formula is C11H12F3N3. The van der Waals surface area contributed by atoms with Gasteiger partial charge in [-0.05, 0) is 24.5 Å². The fraction of sp³-hybridized carbons (Fsp3) is 0.455. The summed E-state index contributed by atoms with van der Waals surface area (Å²) in [5.74, 6) is 0. The van der Waals surface area contributed by atoms with Gasteiger partial charge in [0.25, 0.3) is 0 Å². The molecule has 0 amide bonds. The van der Waals surface area contributed by atoms with E-state index in [1.165, 1.54) is 30.2 Å². The summed E-state index contributed by atoms with van der Waals surface area (Å²) in [4.78, 5) is 3.89. The molecule has 1 heterocycles. The van der Waals surface area contributed by atoms with Crippen LogP contribution < -0.4 is 5.49 Å². The lowest BCUT2D eigenvalue weighted by Gasteiger charge is -2.19. The largest absolute Gasteiger partial charge is 0.398 e. The third kappa shape index (κ3) is 1.77. The van der Waals surface area contributed by atoms with Crippen LogP contribution in [0.15, 0.2) is 23.8 Å². The summed E-state index contributed by atoms with van der Waals surface area (Å²) in [5.41, 5.74) is -1.16. The lowest BCUT2D eigenvalue weighted by atomic mass is 9.98. The molecule has 3 nitrogen and oxygen atoms in total. The molecule has 0 bridgehead atoms. The summed E-state index contributed by atoms with van der Waals surface area (Å²) in [6, 6.07) is 1.43. The Morgan fingerprint density at radius 1 is 1.53 bits per heavy atom. The van der Waals surface area contributed by atoms with Gasteiger partial charge in [0.05, 0.1) is 11.6 Å². The van der Waals surface area contributed by atoms with Crippen LogP contribution in [-0.2, 0) is 5.41 Å². The Labute approximate surface area is 96.3 Å². The van der Waals surface area contributed by atoms with Crippen LogP contribution in [0.5, 0.6) is 0 Å². The van der Waals surface area contributed by atoms with Gasteiger partial charge < -0.3 is 0 Å². The molecule has 1 aliphatic carbocycles. The van der Waals surface area contributed by atoms with Crippen LogP contribution in [0.2, 0.25) is 0 Å². The highest BCUT2D eigenvalue weighted by Crippen LogP contribution is 2.58. The van der Waals surface area contributed by atoms with Gasteiger partial charge in [-0.3, -0.25) is 4.99 Å². The van der Waals surface area contributed by atoms with Crippen LogP contribution >= 0.6 is 0 Å². The Hall–Kier alpha value is -1.59. The molecule has 0 radical (unpaired) electrons. The Kier molecular flexibility index (Phi) is 2.60. The van der Waals surface area contributed by atoms with Gasteiger partial charge in [-0.15, -0.1) is 0 Å². The number of hydrogen-bond acceptors (Lipinski definition) is 2.